The Bertz CT molecular complexity index is 397. The number of nitrogens with one attached hydrogen (secondary N) is 1. The average Bonchev–Trinajstić information content (AvgIpc) is 3.05. The number of hydrogen-bond donors (Lipinski definition) is 1. The Morgan fingerprint density at radius 3 is 2.78 bits per heavy atom. The van der Waals surface area contributed by atoms with Crippen molar-refractivity contribution in [1.82, 2.24) is 10.2 Å². The summed E-state index contributed by atoms with van der Waals surface area (Å²) in [5.41, 5.74) is 0. The predicted octanol–water partition coefficient (Wildman–Crippen LogP) is 1.88. The Morgan fingerprint density at radius 1 is 1.33 bits per heavy atom. The van der Waals surface area contributed by atoms with Crippen LogP contribution in [0.15, 0.2) is 17.5 Å². The molecule has 0 atom stereocenters. The molecule has 4 nitrogen and oxygen atoms in total. The lowest BCUT2D eigenvalue weighted by Crippen LogP contribution is -2.29. The van der Waals surface area contributed by atoms with Crippen molar-refractivity contribution in [3.05, 3.63) is 22.4 Å². The fraction of sp³-hybridized carbons (Fsp3) is 0.538. The number of nitrogens with zero attached hydrogens (tertiary/aromatic N) is 1. The van der Waals surface area contributed by atoms with E-state index in [4.69, 9.17) is 0 Å². The highest BCUT2D eigenvalue weighted by Gasteiger charge is 2.17. The average molecular weight is 266 g/mol. The molecule has 1 aliphatic rings. The molecule has 1 aromatic rings. The van der Waals surface area contributed by atoms with E-state index in [0.29, 0.717) is 19.4 Å². The zero-order valence-corrected chi connectivity index (χ0v) is 11.2. The van der Waals surface area contributed by atoms with Gasteiger partial charge < -0.3 is 10.2 Å². The highest BCUT2D eigenvalue weighted by Crippen LogP contribution is 2.10. The van der Waals surface area contributed by atoms with Gasteiger partial charge in [-0.25, -0.2) is 0 Å². The normalized spacial score (nSPS) is 14.8. The zero-order valence-electron chi connectivity index (χ0n) is 10.4. The topological polar surface area (TPSA) is 49.4 Å². The first-order chi connectivity index (χ1) is 8.77. The van der Waals surface area contributed by atoms with E-state index >= 15 is 0 Å². The first kappa shape index (κ1) is 13.1. The molecule has 2 heterocycles. The van der Waals surface area contributed by atoms with E-state index in [1.807, 2.05) is 16.3 Å². The number of carbonyl (C=O) groups excluding carboxylic acids is 2. The molecule has 2 rings (SSSR count). The lowest BCUT2D eigenvalue weighted by molar-refractivity contribution is -0.130. The number of carbonyl (C=O) groups is 2. The van der Waals surface area contributed by atoms with Crippen molar-refractivity contribution in [2.75, 3.05) is 19.6 Å². The van der Waals surface area contributed by atoms with Crippen molar-refractivity contribution < 1.29 is 9.59 Å². The molecule has 1 saturated heterocycles. The lowest BCUT2D eigenvalue weighted by Gasteiger charge is -2.14. The highest BCUT2D eigenvalue weighted by molar-refractivity contribution is 7.12. The standard InChI is InChI=1S/C13H18N2O2S/c16-12(15-8-1-2-9-15)6-3-7-14-13(17)11-5-4-10-18-11/h4-5,10H,1-3,6-9H2,(H,14,17). The Morgan fingerprint density at radius 2 is 2.11 bits per heavy atom. The summed E-state index contributed by atoms with van der Waals surface area (Å²) in [5.74, 6) is 0.177. The highest BCUT2D eigenvalue weighted by atomic mass is 32.1. The van der Waals surface area contributed by atoms with Gasteiger partial charge in [-0.3, -0.25) is 9.59 Å². The molecule has 0 saturated carbocycles. The monoisotopic (exact) mass is 266 g/mol. The Kier molecular flexibility index (Phi) is 4.75. The van der Waals surface area contributed by atoms with Gasteiger partial charge in [-0.1, -0.05) is 6.07 Å². The minimum Gasteiger partial charge on any atom is -0.351 e. The summed E-state index contributed by atoms with van der Waals surface area (Å²) in [6, 6.07) is 3.66. The van der Waals surface area contributed by atoms with Gasteiger partial charge in [-0.15, -0.1) is 11.3 Å². The van der Waals surface area contributed by atoms with Crippen molar-refractivity contribution >= 4 is 23.2 Å². The van der Waals surface area contributed by atoms with E-state index in [1.54, 1.807) is 6.07 Å². The predicted molar refractivity (Wildman–Crippen MR) is 71.7 cm³/mol. The SMILES string of the molecule is O=C(NCCCC(=O)N1CCCC1)c1cccs1. The number of likely N-dealkylation sites (tertiary alicyclic amines) is 1. The second-order valence-electron chi connectivity index (χ2n) is 4.42. The van der Waals surface area contributed by atoms with E-state index in [-0.39, 0.29) is 11.8 Å². The summed E-state index contributed by atoms with van der Waals surface area (Å²) in [6.45, 7) is 2.37. The quantitative estimate of drug-likeness (QED) is 0.827. The molecule has 18 heavy (non-hydrogen) atoms. The van der Waals surface area contributed by atoms with E-state index in [2.05, 4.69) is 5.32 Å². The Hall–Kier alpha value is -1.36. The maximum Gasteiger partial charge on any atom is 0.261 e. The van der Waals surface area contributed by atoms with Crippen molar-refractivity contribution in [2.45, 2.75) is 25.7 Å². The minimum atomic E-state index is -0.0429. The third kappa shape index (κ3) is 3.57. The fourth-order valence-corrected chi connectivity index (χ4v) is 2.70. The summed E-state index contributed by atoms with van der Waals surface area (Å²) < 4.78 is 0. The molecule has 0 bridgehead atoms. The van der Waals surface area contributed by atoms with Gasteiger partial charge in [0.1, 0.15) is 0 Å². The van der Waals surface area contributed by atoms with Crippen LogP contribution in [0.1, 0.15) is 35.4 Å². The molecule has 1 N–H and O–H groups in total. The summed E-state index contributed by atoms with van der Waals surface area (Å²) >= 11 is 1.43. The van der Waals surface area contributed by atoms with Crippen molar-refractivity contribution in [1.29, 1.82) is 0 Å². The number of thiophene rings is 1. The molecule has 0 spiro atoms. The van der Waals surface area contributed by atoms with Gasteiger partial charge in [-0.05, 0) is 30.7 Å². The minimum absolute atomic E-state index is 0.0429. The second kappa shape index (κ2) is 6.54. The molecule has 0 unspecified atom stereocenters. The fourth-order valence-electron chi connectivity index (χ4n) is 2.06. The second-order valence-corrected chi connectivity index (χ2v) is 5.37. The molecule has 5 heteroatoms. The maximum atomic E-state index is 11.7. The van der Waals surface area contributed by atoms with E-state index in [1.165, 1.54) is 11.3 Å². The number of rotatable bonds is 5. The van der Waals surface area contributed by atoms with Crippen LogP contribution in [0.5, 0.6) is 0 Å². The van der Waals surface area contributed by atoms with Crippen LogP contribution >= 0.6 is 11.3 Å². The third-order valence-corrected chi connectivity index (χ3v) is 3.93. The van der Waals surface area contributed by atoms with Gasteiger partial charge in [0.25, 0.3) is 5.91 Å². The Labute approximate surface area is 111 Å². The molecule has 1 fully saturated rings. The first-order valence-corrected chi connectivity index (χ1v) is 7.25. The molecule has 0 aliphatic carbocycles. The van der Waals surface area contributed by atoms with Crippen LogP contribution in [-0.4, -0.2) is 36.3 Å². The summed E-state index contributed by atoms with van der Waals surface area (Å²) in [4.78, 5) is 26.0. The number of amides is 2. The van der Waals surface area contributed by atoms with Crippen LogP contribution in [0.3, 0.4) is 0 Å². The number of hydrogen-bond acceptors (Lipinski definition) is 3. The molecule has 1 aliphatic heterocycles. The molecule has 1 aromatic heterocycles. The van der Waals surface area contributed by atoms with E-state index < -0.39 is 0 Å². The lowest BCUT2D eigenvalue weighted by atomic mass is 10.2. The van der Waals surface area contributed by atoms with Gasteiger partial charge in [0.2, 0.25) is 5.91 Å². The summed E-state index contributed by atoms with van der Waals surface area (Å²) in [7, 11) is 0. The van der Waals surface area contributed by atoms with Crippen molar-refractivity contribution in [3.63, 3.8) is 0 Å². The van der Waals surface area contributed by atoms with Gasteiger partial charge >= 0.3 is 0 Å². The van der Waals surface area contributed by atoms with Crippen molar-refractivity contribution in [3.8, 4) is 0 Å². The molecule has 0 radical (unpaired) electrons. The third-order valence-electron chi connectivity index (χ3n) is 3.06. The smallest absolute Gasteiger partial charge is 0.261 e. The molecular weight excluding hydrogens is 248 g/mol. The summed E-state index contributed by atoms with van der Waals surface area (Å²) in [5, 5.41) is 4.71. The van der Waals surface area contributed by atoms with E-state index in [9.17, 15) is 9.59 Å². The Balaban J connectivity index is 1.61. The van der Waals surface area contributed by atoms with Crippen LogP contribution in [0.4, 0.5) is 0 Å². The molecule has 98 valence electrons. The van der Waals surface area contributed by atoms with Crippen LogP contribution in [0.2, 0.25) is 0 Å². The van der Waals surface area contributed by atoms with Gasteiger partial charge in [0, 0.05) is 26.1 Å². The first-order valence-electron chi connectivity index (χ1n) is 6.37. The molecular formula is C13H18N2O2S. The van der Waals surface area contributed by atoms with Crippen LogP contribution in [0.25, 0.3) is 0 Å². The zero-order chi connectivity index (χ0) is 12.8. The molecule has 2 amide bonds. The van der Waals surface area contributed by atoms with Gasteiger partial charge in [0.05, 0.1) is 4.88 Å². The van der Waals surface area contributed by atoms with Crippen molar-refractivity contribution in [2.24, 2.45) is 0 Å². The largest absolute Gasteiger partial charge is 0.351 e. The maximum absolute atomic E-state index is 11.7. The van der Waals surface area contributed by atoms with E-state index in [0.717, 1.165) is 30.8 Å². The van der Waals surface area contributed by atoms with Crippen LogP contribution in [-0.2, 0) is 4.79 Å². The summed E-state index contributed by atoms with van der Waals surface area (Å²) in [6.07, 6.45) is 3.50. The molecule has 0 aromatic carbocycles. The van der Waals surface area contributed by atoms with Gasteiger partial charge in [-0.2, -0.15) is 0 Å². The van der Waals surface area contributed by atoms with Gasteiger partial charge in [0.15, 0.2) is 0 Å². The van der Waals surface area contributed by atoms with Crippen LogP contribution < -0.4 is 5.32 Å². The van der Waals surface area contributed by atoms with Crippen LogP contribution in [0, 0.1) is 0 Å².